The molecule has 112 valence electrons. The molecule has 3 nitrogen and oxygen atoms in total. The molecule has 1 saturated heterocycles. The summed E-state index contributed by atoms with van der Waals surface area (Å²) in [6.45, 7) is 4.35. The van der Waals surface area contributed by atoms with Crippen molar-refractivity contribution in [3.8, 4) is 0 Å². The second-order valence-electron chi connectivity index (χ2n) is 5.26. The quantitative estimate of drug-likeness (QED) is 0.919. The van der Waals surface area contributed by atoms with Crippen LogP contribution < -0.4 is 0 Å². The van der Waals surface area contributed by atoms with Crippen LogP contribution in [0.25, 0.3) is 0 Å². The third-order valence-electron chi connectivity index (χ3n) is 3.73. The van der Waals surface area contributed by atoms with Crippen LogP contribution in [0, 0.1) is 5.92 Å². The Kier molecular flexibility index (Phi) is 5.87. The minimum absolute atomic E-state index is 0.285. The van der Waals surface area contributed by atoms with E-state index in [-0.39, 0.29) is 6.10 Å². The van der Waals surface area contributed by atoms with Crippen LogP contribution in [0.2, 0.25) is 10.0 Å². The van der Waals surface area contributed by atoms with Crippen LogP contribution in [0.5, 0.6) is 0 Å². The molecule has 0 amide bonds. The van der Waals surface area contributed by atoms with Crippen LogP contribution in [0.4, 0.5) is 0 Å². The number of β-amino-alcohol motifs (C(OH)–C–C–N with tert-alkyl or cyclic N) is 1. The van der Waals surface area contributed by atoms with Crippen molar-refractivity contribution in [2.24, 2.45) is 5.92 Å². The highest BCUT2D eigenvalue weighted by molar-refractivity contribution is 7.85. The molecule has 20 heavy (non-hydrogen) atoms. The summed E-state index contributed by atoms with van der Waals surface area (Å²) >= 11 is 12.0. The van der Waals surface area contributed by atoms with Crippen molar-refractivity contribution in [1.29, 1.82) is 0 Å². The number of piperidine rings is 1. The molecule has 1 aromatic rings. The molecular formula is C14H19Cl2NO2S. The van der Waals surface area contributed by atoms with E-state index in [0.717, 1.165) is 13.0 Å². The zero-order chi connectivity index (χ0) is 14.7. The van der Waals surface area contributed by atoms with Crippen molar-refractivity contribution in [1.82, 2.24) is 4.90 Å². The molecular weight excluding hydrogens is 317 g/mol. The molecule has 1 aromatic carbocycles. The van der Waals surface area contributed by atoms with Gasteiger partial charge in [-0.2, -0.15) is 0 Å². The molecule has 0 spiro atoms. The molecule has 3 unspecified atom stereocenters. The first-order chi connectivity index (χ1) is 9.47. The van der Waals surface area contributed by atoms with Gasteiger partial charge in [0.25, 0.3) is 0 Å². The van der Waals surface area contributed by atoms with Crippen molar-refractivity contribution in [2.75, 3.05) is 25.4 Å². The lowest BCUT2D eigenvalue weighted by molar-refractivity contribution is 0.0320. The number of benzene rings is 1. The second-order valence-corrected chi connectivity index (χ2v) is 7.64. The molecule has 3 atom stereocenters. The Morgan fingerprint density at radius 2 is 2.20 bits per heavy atom. The van der Waals surface area contributed by atoms with Crippen LogP contribution in [-0.2, 0) is 10.8 Å². The summed E-state index contributed by atoms with van der Waals surface area (Å²) in [4.78, 5) is 2.74. The first-order valence-corrected chi connectivity index (χ1v) is 8.78. The summed E-state index contributed by atoms with van der Waals surface area (Å²) in [5, 5.41) is 10.9. The highest BCUT2D eigenvalue weighted by Gasteiger charge is 2.24. The summed E-state index contributed by atoms with van der Waals surface area (Å²) in [6.07, 6.45) is 0.693. The number of hydrogen-bond acceptors (Lipinski definition) is 3. The molecule has 1 aliphatic rings. The second kappa shape index (κ2) is 7.23. The van der Waals surface area contributed by atoms with Gasteiger partial charge >= 0.3 is 0 Å². The maximum Gasteiger partial charge on any atom is 0.0693 e. The van der Waals surface area contributed by atoms with Crippen LogP contribution >= 0.6 is 23.2 Å². The molecule has 1 fully saturated rings. The Balaban J connectivity index is 1.91. The number of aliphatic hydroxyl groups is 1. The highest BCUT2D eigenvalue weighted by atomic mass is 35.5. The van der Waals surface area contributed by atoms with Gasteiger partial charge in [-0.15, -0.1) is 0 Å². The van der Waals surface area contributed by atoms with Crippen LogP contribution in [0.3, 0.4) is 0 Å². The van der Waals surface area contributed by atoms with E-state index < -0.39 is 10.8 Å². The van der Waals surface area contributed by atoms with Crippen molar-refractivity contribution in [3.63, 3.8) is 0 Å². The summed E-state index contributed by atoms with van der Waals surface area (Å²) in [7, 11) is -1.17. The normalized spacial score (nSPS) is 25.6. The van der Waals surface area contributed by atoms with Gasteiger partial charge in [-0.1, -0.05) is 30.1 Å². The number of rotatable bonds is 4. The molecule has 0 bridgehead atoms. The molecule has 6 heteroatoms. The Morgan fingerprint density at radius 3 is 2.90 bits per heavy atom. The van der Waals surface area contributed by atoms with E-state index in [1.54, 1.807) is 18.2 Å². The topological polar surface area (TPSA) is 40.5 Å². The van der Waals surface area contributed by atoms with Crippen LogP contribution in [-0.4, -0.2) is 45.7 Å². The monoisotopic (exact) mass is 335 g/mol. The largest absolute Gasteiger partial charge is 0.392 e. The molecule has 1 N–H and O–H groups in total. The van der Waals surface area contributed by atoms with Gasteiger partial charge in [0, 0.05) is 23.9 Å². The van der Waals surface area contributed by atoms with Gasteiger partial charge < -0.3 is 5.11 Å². The van der Waals surface area contributed by atoms with Gasteiger partial charge in [-0.3, -0.25) is 9.11 Å². The Bertz CT molecular complexity index is 498. The lowest BCUT2D eigenvalue weighted by Gasteiger charge is -2.34. The fourth-order valence-electron chi connectivity index (χ4n) is 2.29. The summed E-state index contributed by atoms with van der Waals surface area (Å²) in [5.41, 5.74) is 0. The van der Waals surface area contributed by atoms with Crippen LogP contribution in [0.15, 0.2) is 23.1 Å². The Labute approximate surface area is 132 Å². The first kappa shape index (κ1) is 16.2. The van der Waals surface area contributed by atoms with Crippen molar-refractivity contribution < 1.29 is 9.32 Å². The molecule has 0 aromatic heterocycles. The van der Waals surface area contributed by atoms with E-state index in [1.807, 2.05) is 0 Å². The lowest BCUT2D eigenvalue weighted by atomic mass is 9.96. The number of nitrogens with zero attached hydrogens (tertiary/aromatic N) is 1. The smallest absolute Gasteiger partial charge is 0.0693 e. The van der Waals surface area contributed by atoms with E-state index in [2.05, 4.69) is 11.8 Å². The molecule has 1 heterocycles. The average Bonchev–Trinajstić information content (AvgIpc) is 2.42. The number of hydrogen-bond donors (Lipinski definition) is 1. The zero-order valence-corrected chi connectivity index (χ0v) is 13.7. The maximum atomic E-state index is 12.3. The summed E-state index contributed by atoms with van der Waals surface area (Å²) < 4.78 is 12.3. The van der Waals surface area contributed by atoms with Gasteiger partial charge in [0.1, 0.15) is 0 Å². The Hall–Kier alpha value is -0.130. The van der Waals surface area contributed by atoms with Crippen molar-refractivity contribution in [2.45, 2.75) is 24.3 Å². The number of aliphatic hydroxyl groups excluding tert-OH is 1. The molecule has 0 radical (unpaired) electrons. The zero-order valence-electron chi connectivity index (χ0n) is 11.4. The number of halogens is 2. The predicted molar refractivity (Wildman–Crippen MR) is 84.0 cm³/mol. The van der Waals surface area contributed by atoms with Crippen molar-refractivity contribution in [3.05, 3.63) is 28.2 Å². The van der Waals surface area contributed by atoms with Crippen molar-refractivity contribution >= 4 is 34.0 Å². The summed E-state index contributed by atoms with van der Waals surface area (Å²) in [5.74, 6) is 0.848. The predicted octanol–water partition coefficient (Wildman–Crippen LogP) is 2.80. The fraction of sp³-hybridized carbons (Fsp3) is 0.571. The Morgan fingerprint density at radius 1 is 1.45 bits per heavy atom. The van der Waals surface area contributed by atoms with Gasteiger partial charge in [-0.05, 0) is 37.1 Å². The van der Waals surface area contributed by atoms with Gasteiger partial charge in [0.15, 0.2) is 0 Å². The minimum atomic E-state index is -1.17. The highest BCUT2D eigenvalue weighted by Crippen LogP contribution is 2.24. The van der Waals surface area contributed by atoms with E-state index in [1.165, 1.54) is 0 Å². The van der Waals surface area contributed by atoms with Gasteiger partial charge in [0.2, 0.25) is 0 Å². The van der Waals surface area contributed by atoms with Crippen LogP contribution in [0.1, 0.15) is 13.3 Å². The van der Waals surface area contributed by atoms with E-state index in [0.29, 0.717) is 39.7 Å². The molecule has 1 aliphatic heterocycles. The standard InChI is InChI=1S/C14H19Cl2NO2S/c1-10-4-5-17(9-13(10)18)6-7-20(19)14-8-11(15)2-3-12(14)16/h2-3,8,10,13,18H,4-7,9H2,1H3. The summed E-state index contributed by atoms with van der Waals surface area (Å²) in [6, 6.07) is 5.02. The average molecular weight is 336 g/mol. The lowest BCUT2D eigenvalue weighted by Crippen LogP contribution is -2.44. The molecule has 0 aliphatic carbocycles. The SMILES string of the molecule is CC1CCN(CCS(=O)c2cc(Cl)ccc2Cl)CC1O. The number of likely N-dealkylation sites (tertiary alicyclic amines) is 1. The maximum absolute atomic E-state index is 12.3. The minimum Gasteiger partial charge on any atom is -0.392 e. The first-order valence-electron chi connectivity index (χ1n) is 6.71. The fourth-order valence-corrected chi connectivity index (χ4v) is 4.09. The van der Waals surface area contributed by atoms with Gasteiger partial charge in [0.05, 0.1) is 26.8 Å². The molecule has 2 rings (SSSR count). The third-order valence-corrected chi connectivity index (χ3v) is 5.79. The van der Waals surface area contributed by atoms with Gasteiger partial charge in [-0.25, -0.2) is 0 Å². The third kappa shape index (κ3) is 4.18. The van der Waals surface area contributed by atoms with E-state index >= 15 is 0 Å². The van der Waals surface area contributed by atoms with E-state index in [4.69, 9.17) is 23.2 Å². The molecule has 0 saturated carbocycles. The van der Waals surface area contributed by atoms with E-state index in [9.17, 15) is 9.32 Å².